The predicted octanol–water partition coefficient (Wildman–Crippen LogP) is -0.565. The van der Waals surface area contributed by atoms with Crippen LogP contribution in [0.25, 0.3) is 0 Å². The van der Waals surface area contributed by atoms with Gasteiger partial charge >= 0.3 is 0 Å². The van der Waals surface area contributed by atoms with Crippen molar-refractivity contribution in [3.63, 3.8) is 0 Å². The molecule has 1 heterocycles. The van der Waals surface area contributed by atoms with E-state index in [4.69, 9.17) is 4.74 Å². The van der Waals surface area contributed by atoms with Gasteiger partial charge in [-0.05, 0) is 12.0 Å². The highest BCUT2D eigenvalue weighted by Crippen LogP contribution is 2.28. The molecule has 4 N–H and O–H groups in total. The summed E-state index contributed by atoms with van der Waals surface area (Å²) < 4.78 is 30.3. The molecule has 162 valence electrons. The van der Waals surface area contributed by atoms with Gasteiger partial charge in [-0.2, -0.15) is 4.72 Å². The molecule has 0 aliphatic carbocycles. The Hall–Kier alpha value is -1.63. The molecule has 0 saturated carbocycles. The van der Waals surface area contributed by atoms with Gasteiger partial charge in [-0.15, -0.1) is 0 Å². The van der Waals surface area contributed by atoms with Gasteiger partial charge in [-0.1, -0.05) is 42.1 Å². The maximum Gasteiger partial charge on any atom is 0.268 e. The third-order valence-electron chi connectivity index (χ3n) is 4.35. The van der Waals surface area contributed by atoms with Crippen molar-refractivity contribution < 1.29 is 28.2 Å². The average Bonchev–Trinajstić information content (AvgIpc) is 3.00. The molecule has 29 heavy (non-hydrogen) atoms. The molecule has 9 nitrogen and oxygen atoms in total. The van der Waals surface area contributed by atoms with Crippen LogP contribution in [0.1, 0.15) is 5.56 Å². The minimum Gasteiger partial charge on any atom is -0.388 e. The zero-order valence-electron chi connectivity index (χ0n) is 16.5. The zero-order valence-corrected chi connectivity index (χ0v) is 18.1. The molecule has 1 aliphatic heterocycles. The fraction of sp³-hybridized carbons (Fsp3) is 0.500. The SMILES string of the molecule is COCC(O)C(O)C(Cc1ccccc1)NC(=O)C1=CSC(NS(C)(=O)=O)N1C. The molecule has 4 unspecified atom stereocenters. The van der Waals surface area contributed by atoms with Crippen LogP contribution in [0.4, 0.5) is 0 Å². The smallest absolute Gasteiger partial charge is 0.268 e. The first-order valence-electron chi connectivity index (χ1n) is 8.88. The topological polar surface area (TPSA) is 128 Å². The molecule has 1 aromatic rings. The molecule has 11 heteroatoms. The monoisotopic (exact) mass is 445 g/mol. The van der Waals surface area contributed by atoms with Crippen molar-refractivity contribution in [2.24, 2.45) is 0 Å². The molecular weight excluding hydrogens is 418 g/mol. The number of rotatable bonds is 10. The van der Waals surface area contributed by atoms with Gasteiger partial charge in [0.25, 0.3) is 5.91 Å². The Morgan fingerprint density at radius 2 is 1.97 bits per heavy atom. The van der Waals surface area contributed by atoms with E-state index < -0.39 is 39.7 Å². The number of nitrogens with zero attached hydrogens (tertiary/aromatic N) is 1. The van der Waals surface area contributed by atoms with Gasteiger partial charge in [0.05, 0.1) is 18.9 Å². The fourth-order valence-corrected chi connectivity index (χ4v) is 4.94. The van der Waals surface area contributed by atoms with Crippen LogP contribution in [-0.4, -0.2) is 80.2 Å². The quantitative estimate of drug-likeness (QED) is 0.377. The largest absolute Gasteiger partial charge is 0.388 e. The van der Waals surface area contributed by atoms with Crippen LogP contribution >= 0.6 is 11.8 Å². The van der Waals surface area contributed by atoms with E-state index in [-0.39, 0.29) is 12.3 Å². The van der Waals surface area contributed by atoms with Crippen LogP contribution in [0.15, 0.2) is 41.4 Å². The van der Waals surface area contributed by atoms with Crippen molar-refractivity contribution >= 4 is 27.7 Å². The second-order valence-corrected chi connectivity index (χ2v) is 9.51. The number of hydrogen-bond acceptors (Lipinski definition) is 8. The third kappa shape index (κ3) is 6.98. The van der Waals surface area contributed by atoms with Gasteiger partial charge in [-0.3, -0.25) is 4.79 Å². The van der Waals surface area contributed by atoms with Crippen LogP contribution in [0.5, 0.6) is 0 Å². The van der Waals surface area contributed by atoms with Crippen molar-refractivity contribution in [1.29, 1.82) is 0 Å². The van der Waals surface area contributed by atoms with Gasteiger partial charge in [0.15, 0.2) is 0 Å². The molecule has 0 fully saturated rings. The van der Waals surface area contributed by atoms with Crippen LogP contribution in [0.2, 0.25) is 0 Å². The minimum absolute atomic E-state index is 0.0822. The minimum atomic E-state index is -3.45. The highest BCUT2D eigenvalue weighted by molar-refractivity contribution is 8.03. The number of aliphatic hydroxyl groups is 2. The molecule has 2 rings (SSSR count). The van der Waals surface area contributed by atoms with E-state index in [9.17, 15) is 23.4 Å². The molecule has 0 bridgehead atoms. The number of likely N-dealkylation sites (N-methyl/N-ethyl adjacent to an activating group) is 1. The lowest BCUT2D eigenvalue weighted by Gasteiger charge is -2.29. The number of methoxy groups -OCH3 is 1. The molecule has 0 aromatic heterocycles. The second-order valence-electron chi connectivity index (χ2n) is 6.78. The number of carbonyl (C=O) groups is 1. The Labute approximate surface area is 175 Å². The molecule has 0 radical (unpaired) electrons. The Bertz CT molecular complexity index is 818. The summed E-state index contributed by atoms with van der Waals surface area (Å²) in [6.07, 6.45) is -1.10. The van der Waals surface area contributed by atoms with E-state index in [1.54, 1.807) is 12.5 Å². The van der Waals surface area contributed by atoms with Crippen LogP contribution in [0.3, 0.4) is 0 Å². The van der Waals surface area contributed by atoms with E-state index in [0.717, 1.165) is 23.6 Å². The molecule has 0 spiro atoms. The molecule has 0 saturated heterocycles. The van der Waals surface area contributed by atoms with E-state index in [0.29, 0.717) is 6.42 Å². The number of sulfonamides is 1. The summed E-state index contributed by atoms with van der Waals surface area (Å²) in [6.45, 7) is -0.0822. The van der Waals surface area contributed by atoms with E-state index >= 15 is 0 Å². The first kappa shape index (κ1) is 23.6. The number of carbonyl (C=O) groups excluding carboxylic acids is 1. The molecule has 1 aromatic carbocycles. The summed E-state index contributed by atoms with van der Waals surface area (Å²) in [4.78, 5) is 14.3. The number of hydrogen-bond donors (Lipinski definition) is 4. The van der Waals surface area contributed by atoms with Gasteiger partial charge < -0.3 is 25.2 Å². The highest BCUT2D eigenvalue weighted by Gasteiger charge is 2.33. The van der Waals surface area contributed by atoms with Crippen LogP contribution in [-0.2, 0) is 26.0 Å². The summed E-state index contributed by atoms with van der Waals surface area (Å²) >= 11 is 1.15. The summed E-state index contributed by atoms with van der Waals surface area (Å²) in [6, 6.07) is 8.48. The predicted molar refractivity (Wildman–Crippen MR) is 111 cm³/mol. The summed E-state index contributed by atoms with van der Waals surface area (Å²) in [5, 5.41) is 25.0. The van der Waals surface area contributed by atoms with Gasteiger partial charge in [0.2, 0.25) is 10.0 Å². The van der Waals surface area contributed by atoms with E-state index in [1.165, 1.54) is 12.0 Å². The van der Waals surface area contributed by atoms with Crippen molar-refractivity contribution in [2.45, 2.75) is 30.2 Å². The van der Waals surface area contributed by atoms with Crippen LogP contribution in [0, 0.1) is 0 Å². The van der Waals surface area contributed by atoms with Crippen molar-refractivity contribution in [2.75, 3.05) is 27.0 Å². The van der Waals surface area contributed by atoms with Gasteiger partial charge in [0.1, 0.15) is 23.4 Å². The number of thioether (sulfide) groups is 1. The number of benzene rings is 1. The zero-order chi connectivity index (χ0) is 21.6. The lowest BCUT2D eigenvalue weighted by molar-refractivity contribution is -0.121. The first-order chi connectivity index (χ1) is 13.6. The Balaban J connectivity index is 2.12. The first-order valence-corrected chi connectivity index (χ1v) is 11.7. The average molecular weight is 446 g/mol. The Morgan fingerprint density at radius 3 is 2.55 bits per heavy atom. The Kier molecular flexibility index (Phi) is 8.49. The normalized spacial score (nSPS) is 20.1. The van der Waals surface area contributed by atoms with Gasteiger partial charge in [-0.25, -0.2) is 8.42 Å². The lowest BCUT2D eigenvalue weighted by atomic mass is 9.97. The van der Waals surface area contributed by atoms with Gasteiger partial charge in [0, 0.05) is 19.6 Å². The van der Waals surface area contributed by atoms with Crippen molar-refractivity contribution in [1.82, 2.24) is 14.9 Å². The lowest BCUT2D eigenvalue weighted by Crippen LogP contribution is -2.52. The Morgan fingerprint density at radius 1 is 1.31 bits per heavy atom. The van der Waals surface area contributed by atoms with Crippen molar-refractivity contribution in [3.8, 4) is 0 Å². The summed E-state index contributed by atoms with van der Waals surface area (Å²) in [7, 11) is -0.447. The summed E-state index contributed by atoms with van der Waals surface area (Å²) in [5.41, 5.74) is 0.492. The highest BCUT2D eigenvalue weighted by atomic mass is 32.2. The third-order valence-corrected chi connectivity index (χ3v) is 6.20. The van der Waals surface area contributed by atoms with E-state index in [1.807, 2.05) is 30.3 Å². The van der Waals surface area contributed by atoms with E-state index in [2.05, 4.69) is 10.0 Å². The fourth-order valence-electron chi connectivity index (χ4n) is 2.84. The number of amides is 1. The molecule has 1 aliphatic rings. The maximum absolute atomic E-state index is 12.8. The summed E-state index contributed by atoms with van der Waals surface area (Å²) in [5.74, 6) is -0.484. The standard InChI is InChI=1S/C18H27N3O6S2/c1-21-14(11-28-18(21)20-29(3,25)26)17(24)19-13(16(23)15(22)10-27-2)9-12-7-5-4-6-8-12/h4-8,11,13,15-16,18,20,22-23H,9-10H2,1-3H3,(H,19,24). The number of ether oxygens (including phenoxy) is 1. The number of nitrogens with one attached hydrogen (secondary N) is 2. The van der Waals surface area contributed by atoms with Crippen molar-refractivity contribution in [3.05, 3.63) is 47.0 Å². The number of aliphatic hydroxyl groups excluding tert-OH is 2. The molecule has 4 atom stereocenters. The van der Waals surface area contributed by atoms with Crippen LogP contribution < -0.4 is 10.0 Å². The molecular formula is C18H27N3O6S2. The molecule has 1 amide bonds. The maximum atomic E-state index is 12.8. The second kappa shape index (κ2) is 10.4.